The summed E-state index contributed by atoms with van der Waals surface area (Å²) in [6, 6.07) is 19.2. The fourth-order valence-corrected chi connectivity index (χ4v) is 2.83. The first kappa shape index (κ1) is 14.9. The summed E-state index contributed by atoms with van der Waals surface area (Å²) < 4.78 is 6.20. The second kappa shape index (κ2) is 6.80. The lowest BCUT2D eigenvalue weighted by molar-refractivity contribution is 0.298. The molecule has 0 atom stereocenters. The molecule has 0 aliphatic rings. The summed E-state index contributed by atoms with van der Waals surface area (Å²) in [7, 11) is 4.22. The van der Waals surface area contributed by atoms with E-state index in [2.05, 4.69) is 73.6 Å². The van der Waals surface area contributed by atoms with Crippen LogP contribution in [0.4, 0.5) is 0 Å². The summed E-state index contributed by atoms with van der Waals surface area (Å²) in [6.45, 7) is 1.88. The fraction of sp³-hybridized carbons (Fsp3) is 0.300. The van der Waals surface area contributed by atoms with E-state index in [1.165, 1.54) is 21.5 Å². The van der Waals surface area contributed by atoms with Gasteiger partial charge in [0.1, 0.15) is 5.75 Å². The van der Waals surface area contributed by atoms with Crippen LogP contribution in [0.5, 0.6) is 5.75 Å². The van der Waals surface area contributed by atoms with E-state index >= 15 is 0 Å². The van der Waals surface area contributed by atoms with Crippen LogP contribution in [-0.4, -0.2) is 32.1 Å². The Balaban J connectivity index is 1.88. The van der Waals surface area contributed by atoms with E-state index < -0.39 is 0 Å². The van der Waals surface area contributed by atoms with Gasteiger partial charge in [0.15, 0.2) is 0 Å². The predicted molar refractivity (Wildman–Crippen MR) is 94.7 cm³/mol. The molecule has 114 valence electrons. The van der Waals surface area contributed by atoms with Crippen LogP contribution in [0.25, 0.3) is 21.5 Å². The number of hydrogen-bond donors (Lipinski definition) is 0. The number of benzene rings is 3. The molecule has 0 aliphatic carbocycles. The van der Waals surface area contributed by atoms with Gasteiger partial charge in [-0.3, -0.25) is 0 Å². The number of fused-ring (bicyclic) bond motifs is 2. The van der Waals surface area contributed by atoms with Crippen molar-refractivity contribution < 1.29 is 4.74 Å². The van der Waals surface area contributed by atoms with Gasteiger partial charge in [0.2, 0.25) is 0 Å². The standard InChI is InChI=1S/C20H23NO/c1-21(2)13-7-8-14-22-20-18-11-5-3-9-16(18)15-17-10-4-6-12-19(17)20/h3-6,9-12,15H,7-8,13-14H2,1-2H3. The highest BCUT2D eigenvalue weighted by Gasteiger charge is 2.08. The Labute approximate surface area is 132 Å². The zero-order valence-electron chi connectivity index (χ0n) is 13.4. The van der Waals surface area contributed by atoms with Gasteiger partial charge in [-0.2, -0.15) is 0 Å². The van der Waals surface area contributed by atoms with Crippen molar-refractivity contribution in [1.82, 2.24) is 4.90 Å². The fourth-order valence-electron chi connectivity index (χ4n) is 2.83. The highest BCUT2D eigenvalue weighted by molar-refractivity contribution is 6.05. The minimum absolute atomic E-state index is 0.770. The quantitative estimate of drug-likeness (QED) is 0.482. The van der Waals surface area contributed by atoms with Crippen molar-refractivity contribution in [1.29, 1.82) is 0 Å². The van der Waals surface area contributed by atoms with Gasteiger partial charge >= 0.3 is 0 Å². The third-order valence-electron chi connectivity index (χ3n) is 3.97. The van der Waals surface area contributed by atoms with Crippen LogP contribution in [0, 0.1) is 0 Å². The number of ether oxygens (including phenoxy) is 1. The second-order valence-electron chi connectivity index (χ2n) is 6.01. The van der Waals surface area contributed by atoms with E-state index in [4.69, 9.17) is 4.74 Å². The van der Waals surface area contributed by atoms with Crippen LogP contribution in [0.1, 0.15) is 12.8 Å². The molecule has 0 amide bonds. The molecule has 2 heteroatoms. The van der Waals surface area contributed by atoms with Gasteiger partial charge in [-0.15, -0.1) is 0 Å². The highest BCUT2D eigenvalue weighted by atomic mass is 16.5. The minimum Gasteiger partial charge on any atom is -0.492 e. The van der Waals surface area contributed by atoms with E-state index in [1.807, 2.05) is 0 Å². The molecule has 3 aromatic rings. The largest absolute Gasteiger partial charge is 0.492 e. The Bertz CT molecular complexity index is 710. The topological polar surface area (TPSA) is 12.5 Å². The van der Waals surface area contributed by atoms with Gasteiger partial charge in [0, 0.05) is 10.8 Å². The Morgan fingerprint density at radius 1 is 0.818 bits per heavy atom. The predicted octanol–water partition coefficient (Wildman–Crippen LogP) is 4.71. The number of unbranched alkanes of at least 4 members (excludes halogenated alkanes) is 1. The smallest absolute Gasteiger partial charge is 0.134 e. The van der Waals surface area contributed by atoms with Crippen LogP contribution in [0.3, 0.4) is 0 Å². The summed E-state index contributed by atoms with van der Waals surface area (Å²) in [5, 5.41) is 4.89. The van der Waals surface area contributed by atoms with Gasteiger partial charge in [-0.1, -0.05) is 48.5 Å². The third-order valence-corrected chi connectivity index (χ3v) is 3.97. The summed E-state index contributed by atoms with van der Waals surface area (Å²) in [5.41, 5.74) is 0. The van der Waals surface area contributed by atoms with Crippen LogP contribution >= 0.6 is 0 Å². The van der Waals surface area contributed by atoms with Crippen molar-refractivity contribution in [3.05, 3.63) is 54.6 Å². The van der Waals surface area contributed by atoms with E-state index in [0.29, 0.717) is 0 Å². The molecule has 0 spiro atoms. The van der Waals surface area contributed by atoms with E-state index in [-0.39, 0.29) is 0 Å². The summed E-state index contributed by atoms with van der Waals surface area (Å²) >= 11 is 0. The molecule has 0 radical (unpaired) electrons. The summed E-state index contributed by atoms with van der Waals surface area (Å²) in [4.78, 5) is 2.22. The van der Waals surface area contributed by atoms with Gasteiger partial charge in [0.25, 0.3) is 0 Å². The van der Waals surface area contributed by atoms with Crippen LogP contribution < -0.4 is 4.74 Å². The van der Waals surface area contributed by atoms with E-state index in [9.17, 15) is 0 Å². The zero-order valence-corrected chi connectivity index (χ0v) is 13.4. The van der Waals surface area contributed by atoms with E-state index in [1.54, 1.807) is 0 Å². The molecule has 0 unspecified atom stereocenters. The molecule has 0 aliphatic heterocycles. The van der Waals surface area contributed by atoms with Crippen LogP contribution in [0.15, 0.2) is 54.6 Å². The Morgan fingerprint density at radius 3 is 2.00 bits per heavy atom. The first-order chi connectivity index (χ1) is 10.8. The average molecular weight is 293 g/mol. The molecule has 0 saturated heterocycles. The van der Waals surface area contributed by atoms with Crippen molar-refractivity contribution in [3.8, 4) is 5.75 Å². The minimum atomic E-state index is 0.770. The lowest BCUT2D eigenvalue weighted by Crippen LogP contribution is -2.13. The molecule has 0 bridgehead atoms. The first-order valence-corrected chi connectivity index (χ1v) is 7.94. The highest BCUT2D eigenvalue weighted by Crippen LogP contribution is 2.34. The molecule has 0 heterocycles. The Morgan fingerprint density at radius 2 is 1.41 bits per heavy atom. The van der Waals surface area contributed by atoms with Crippen LogP contribution in [-0.2, 0) is 0 Å². The molecule has 2 nitrogen and oxygen atoms in total. The van der Waals surface area contributed by atoms with Crippen molar-refractivity contribution >= 4 is 21.5 Å². The maximum absolute atomic E-state index is 6.20. The van der Waals surface area contributed by atoms with Gasteiger partial charge in [-0.25, -0.2) is 0 Å². The SMILES string of the molecule is CN(C)CCCCOc1c2ccccc2cc2ccccc12. The zero-order chi connectivity index (χ0) is 15.4. The molecule has 0 saturated carbocycles. The molecule has 3 aromatic carbocycles. The maximum Gasteiger partial charge on any atom is 0.134 e. The molecular formula is C20H23NO. The van der Waals surface area contributed by atoms with Crippen LogP contribution in [0.2, 0.25) is 0 Å². The summed E-state index contributed by atoms with van der Waals surface area (Å²) in [5.74, 6) is 1.03. The molecule has 0 aromatic heterocycles. The Hall–Kier alpha value is -2.06. The molecule has 0 fully saturated rings. The Kier molecular flexibility index (Phi) is 4.59. The molecule has 3 rings (SSSR count). The maximum atomic E-state index is 6.20. The first-order valence-electron chi connectivity index (χ1n) is 7.94. The summed E-state index contributed by atoms with van der Waals surface area (Å²) in [6.07, 6.45) is 2.24. The number of nitrogens with zero attached hydrogens (tertiary/aromatic N) is 1. The van der Waals surface area contributed by atoms with E-state index in [0.717, 1.165) is 31.7 Å². The monoisotopic (exact) mass is 293 g/mol. The lowest BCUT2D eigenvalue weighted by atomic mass is 10.0. The normalized spacial score (nSPS) is 11.4. The van der Waals surface area contributed by atoms with Crippen molar-refractivity contribution in [2.45, 2.75) is 12.8 Å². The van der Waals surface area contributed by atoms with Crippen molar-refractivity contribution in [3.63, 3.8) is 0 Å². The third kappa shape index (κ3) is 3.23. The molecular weight excluding hydrogens is 270 g/mol. The van der Waals surface area contributed by atoms with Crippen molar-refractivity contribution in [2.24, 2.45) is 0 Å². The van der Waals surface area contributed by atoms with Gasteiger partial charge in [0.05, 0.1) is 6.61 Å². The number of rotatable bonds is 6. The lowest BCUT2D eigenvalue weighted by Gasteiger charge is -2.14. The average Bonchev–Trinajstić information content (AvgIpc) is 2.53. The molecule has 0 N–H and O–H groups in total. The van der Waals surface area contributed by atoms with Gasteiger partial charge in [-0.05, 0) is 50.3 Å². The van der Waals surface area contributed by atoms with Crippen molar-refractivity contribution in [2.75, 3.05) is 27.2 Å². The number of hydrogen-bond acceptors (Lipinski definition) is 2. The second-order valence-corrected chi connectivity index (χ2v) is 6.01. The molecule has 22 heavy (non-hydrogen) atoms. The van der Waals surface area contributed by atoms with Gasteiger partial charge < -0.3 is 9.64 Å².